The molecule has 0 bridgehead atoms. The van der Waals surface area contributed by atoms with Crippen molar-refractivity contribution < 1.29 is 9.90 Å². The normalized spacial score (nSPS) is 12.5. The highest BCUT2D eigenvalue weighted by atomic mass is 16.4. The van der Waals surface area contributed by atoms with E-state index in [2.05, 4.69) is 15.3 Å². The predicted octanol–water partition coefficient (Wildman–Crippen LogP) is 1.86. The van der Waals surface area contributed by atoms with Gasteiger partial charge >= 0.3 is 5.97 Å². The van der Waals surface area contributed by atoms with Crippen molar-refractivity contribution in [2.24, 2.45) is 11.8 Å². The van der Waals surface area contributed by atoms with Gasteiger partial charge in [0, 0.05) is 17.9 Å². The first-order valence-electron chi connectivity index (χ1n) is 5.69. The molecule has 0 aliphatic carbocycles. The summed E-state index contributed by atoms with van der Waals surface area (Å²) < 4.78 is 0. The molecule has 1 aromatic rings. The van der Waals surface area contributed by atoms with Gasteiger partial charge in [0.05, 0.1) is 5.92 Å². The summed E-state index contributed by atoms with van der Waals surface area (Å²) in [6.07, 6.45) is 0. The molecule has 0 radical (unpaired) electrons. The van der Waals surface area contributed by atoms with E-state index < -0.39 is 11.9 Å². The standard InChI is InChI=1S/C12H19N3O2/c1-7(2)10(11(16)17)6-13-12-14-8(3)5-9(4)15-12/h5,7,10H,6H2,1-4H3,(H,16,17)(H,13,14,15). The first-order valence-corrected chi connectivity index (χ1v) is 5.69. The molecule has 2 N–H and O–H groups in total. The fraction of sp³-hybridized carbons (Fsp3) is 0.583. The maximum Gasteiger partial charge on any atom is 0.308 e. The second-order valence-electron chi connectivity index (χ2n) is 4.54. The predicted molar refractivity (Wildman–Crippen MR) is 66.0 cm³/mol. The van der Waals surface area contributed by atoms with Crippen LogP contribution in [0, 0.1) is 25.7 Å². The quantitative estimate of drug-likeness (QED) is 0.817. The van der Waals surface area contributed by atoms with Gasteiger partial charge in [-0.2, -0.15) is 0 Å². The molecular formula is C12H19N3O2. The van der Waals surface area contributed by atoms with Crippen molar-refractivity contribution in [2.75, 3.05) is 11.9 Å². The third-order valence-corrected chi connectivity index (χ3v) is 2.58. The van der Waals surface area contributed by atoms with Gasteiger partial charge in [-0.25, -0.2) is 9.97 Å². The number of rotatable bonds is 5. The molecule has 0 aliphatic rings. The summed E-state index contributed by atoms with van der Waals surface area (Å²) in [7, 11) is 0. The minimum Gasteiger partial charge on any atom is -0.481 e. The molecule has 5 heteroatoms. The highest BCUT2D eigenvalue weighted by Gasteiger charge is 2.21. The lowest BCUT2D eigenvalue weighted by atomic mass is 9.96. The van der Waals surface area contributed by atoms with Gasteiger partial charge in [-0.3, -0.25) is 4.79 Å². The molecule has 17 heavy (non-hydrogen) atoms. The molecule has 0 spiro atoms. The number of carboxylic acids is 1. The Labute approximate surface area is 101 Å². The van der Waals surface area contributed by atoms with Gasteiger partial charge in [-0.15, -0.1) is 0 Å². The monoisotopic (exact) mass is 237 g/mol. The Morgan fingerprint density at radius 3 is 2.29 bits per heavy atom. The minimum atomic E-state index is -0.795. The Kier molecular flexibility index (Phi) is 4.43. The molecule has 94 valence electrons. The fourth-order valence-electron chi connectivity index (χ4n) is 1.61. The average Bonchev–Trinajstić information content (AvgIpc) is 2.14. The van der Waals surface area contributed by atoms with Crippen LogP contribution in [0.1, 0.15) is 25.2 Å². The molecule has 1 heterocycles. The molecule has 0 saturated carbocycles. The summed E-state index contributed by atoms with van der Waals surface area (Å²) >= 11 is 0. The lowest BCUT2D eigenvalue weighted by Crippen LogP contribution is -2.28. The van der Waals surface area contributed by atoms with Crippen molar-refractivity contribution in [1.82, 2.24) is 9.97 Å². The largest absolute Gasteiger partial charge is 0.481 e. The molecule has 1 rings (SSSR count). The number of anilines is 1. The molecule has 1 atom stereocenters. The van der Waals surface area contributed by atoms with Crippen LogP contribution in [0.5, 0.6) is 0 Å². The second-order valence-corrected chi connectivity index (χ2v) is 4.54. The highest BCUT2D eigenvalue weighted by Crippen LogP contribution is 2.12. The van der Waals surface area contributed by atoms with Crippen molar-refractivity contribution in [3.05, 3.63) is 17.5 Å². The maximum absolute atomic E-state index is 11.0. The summed E-state index contributed by atoms with van der Waals surface area (Å²) in [6.45, 7) is 7.90. The lowest BCUT2D eigenvalue weighted by Gasteiger charge is -2.16. The molecule has 1 aromatic heterocycles. The SMILES string of the molecule is Cc1cc(C)nc(NCC(C(=O)O)C(C)C)n1. The Morgan fingerprint density at radius 2 is 1.88 bits per heavy atom. The van der Waals surface area contributed by atoms with Crippen molar-refractivity contribution in [3.8, 4) is 0 Å². The number of aliphatic carboxylic acids is 1. The van der Waals surface area contributed by atoms with Gasteiger partial charge in [0.2, 0.25) is 5.95 Å². The summed E-state index contributed by atoms with van der Waals surface area (Å²) in [5.41, 5.74) is 1.74. The van der Waals surface area contributed by atoms with E-state index >= 15 is 0 Å². The van der Waals surface area contributed by atoms with Crippen LogP contribution in [-0.2, 0) is 4.79 Å². The first-order chi connectivity index (χ1) is 7.90. The van der Waals surface area contributed by atoms with E-state index in [1.54, 1.807) is 0 Å². The van der Waals surface area contributed by atoms with Crippen LogP contribution >= 0.6 is 0 Å². The molecule has 0 fully saturated rings. The lowest BCUT2D eigenvalue weighted by molar-refractivity contribution is -0.142. The van der Waals surface area contributed by atoms with Crippen LogP contribution in [0.15, 0.2) is 6.07 Å². The third-order valence-electron chi connectivity index (χ3n) is 2.58. The van der Waals surface area contributed by atoms with E-state index in [1.165, 1.54) is 0 Å². The van der Waals surface area contributed by atoms with Gasteiger partial charge in [-0.05, 0) is 25.8 Å². The van der Waals surface area contributed by atoms with E-state index in [-0.39, 0.29) is 5.92 Å². The molecule has 0 saturated heterocycles. The van der Waals surface area contributed by atoms with Crippen molar-refractivity contribution in [2.45, 2.75) is 27.7 Å². The minimum absolute atomic E-state index is 0.0749. The van der Waals surface area contributed by atoms with Crippen LogP contribution in [0.4, 0.5) is 5.95 Å². The first kappa shape index (κ1) is 13.4. The van der Waals surface area contributed by atoms with Crippen LogP contribution in [0.25, 0.3) is 0 Å². The maximum atomic E-state index is 11.0. The average molecular weight is 237 g/mol. The van der Waals surface area contributed by atoms with E-state index in [0.717, 1.165) is 11.4 Å². The second kappa shape index (κ2) is 5.61. The van der Waals surface area contributed by atoms with Gasteiger partial charge < -0.3 is 10.4 Å². The van der Waals surface area contributed by atoms with Gasteiger partial charge in [0.1, 0.15) is 0 Å². The van der Waals surface area contributed by atoms with Crippen LogP contribution in [0.2, 0.25) is 0 Å². The van der Waals surface area contributed by atoms with Crippen LogP contribution in [-0.4, -0.2) is 27.6 Å². The van der Waals surface area contributed by atoms with Gasteiger partial charge in [-0.1, -0.05) is 13.8 Å². The van der Waals surface area contributed by atoms with E-state index in [4.69, 9.17) is 5.11 Å². The highest BCUT2D eigenvalue weighted by molar-refractivity contribution is 5.71. The van der Waals surface area contributed by atoms with Crippen LogP contribution in [0.3, 0.4) is 0 Å². The zero-order valence-electron chi connectivity index (χ0n) is 10.7. The molecule has 5 nitrogen and oxygen atoms in total. The molecule has 0 amide bonds. The summed E-state index contributed by atoms with van der Waals surface area (Å²) in [5.74, 6) is -0.656. The zero-order chi connectivity index (χ0) is 13.0. The summed E-state index contributed by atoms with van der Waals surface area (Å²) in [6, 6.07) is 1.88. The Hall–Kier alpha value is -1.65. The smallest absolute Gasteiger partial charge is 0.308 e. The third kappa shape index (κ3) is 4.01. The molecule has 0 aromatic carbocycles. The van der Waals surface area contributed by atoms with E-state index in [0.29, 0.717) is 12.5 Å². The van der Waals surface area contributed by atoms with E-state index in [1.807, 2.05) is 33.8 Å². The number of carboxylic acid groups (broad SMARTS) is 1. The molecule has 1 unspecified atom stereocenters. The number of hydrogen-bond acceptors (Lipinski definition) is 4. The van der Waals surface area contributed by atoms with Crippen molar-refractivity contribution >= 4 is 11.9 Å². The topological polar surface area (TPSA) is 75.1 Å². The summed E-state index contributed by atoms with van der Waals surface area (Å²) in [5, 5.41) is 12.0. The summed E-state index contributed by atoms with van der Waals surface area (Å²) in [4.78, 5) is 19.4. The zero-order valence-corrected chi connectivity index (χ0v) is 10.7. The van der Waals surface area contributed by atoms with E-state index in [9.17, 15) is 4.79 Å². The Bertz CT molecular complexity index is 384. The Balaban J connectivity index is 2.68. The number of hydrogen-bond donors (Lipinski definition) is 2. The van der Waals surface area contributed by atoms with Crippen molar-refractivity contribution in [3.63, 3.8) is 0 Å². The van der Waals surface area contributed by atoms with Crippen molar-refractivity contribution in [1.29, 1.82) is 0 Å². The number of aromatic nitrogens is 2. The van der Waals surface area contributed by atoms with Gasteiger partial charge in [0.25, 0.3) is 0 Å². The number of nitrogens with zero attached hydrogens (tertiary/aromatic N) is 2. The molecule has 0 aliphatic heterocycles. The number of aryl methyl sites for hydroxylation is 2. The fourth-order valence-corrected chi connectivity index (χ4v) is 1.61. The number of carbonyl (C=O) groups is 1. The molecular weight excluding hydrogens is 218 g/mol. The van der Waals surface area contributed by atoms with Crippen LogP contribution < -0.4 is 5.32 Å². The Morgan fingerprint density at radius 1 is 1.35 bits per heavy atom. The number of nitrogens with one attached hydrogen (secondary N) is 1. The van der Waals surface area contributed by atoms with Gasteiger partial charge in [0.15, 0.2) is 0 Å².